The number of aromatic amines is 1. The molecule has 11 heteroatoms. The van der Waals surface area contributed by atoms with Gasteiger partial charge >= 0.3 is 6.07 Å². The predicted octanol–water partition coefficient (Wildman–Crippen LogP) is 1.28. The Morgan fingerprint density at radius 1 is 1.38 bits per heavy atom. The number of hydrogen-bond donors (Lipinski definition) is 3. The first kappa shape index (κ1) is 16.9. The number of pyridine rings is 1. The number of ether oxygens (including phenoxy) is 1. The third-order valence-corrected chi connectivity index (χ3v) is 3.99. The van der Waals surface area contributed by atoms with Gasteiger partial charge in [0, 0.05) is 11.6 Å². The molecule has 0 aliphatic carbocycles. The zero-order valence-electron chi connectivity index (χ0n) is 10.3. The zero-order chi connectivity index (χ0) is 15.8. The van der Waals surface area contributed by atoms with Crippen LogP contribution >= 0.6 is 28.6 Å². The minimum absolute atomic E-state index is 0.136. The second kappa shape index (κ2) is 6.34. The summed E-state index contributed by atoms with van der Waals surface area (Å²) in [4.78, 5) is 12.9. The molecule has 0 radical (unpaired) electrons. The lowest BCUT2D eigenvalue weighted by molar-refractivity contribution is -0.0165. The summed E-state index contributed by atoms with van der Waals surface area (Å²) in [6.07, 6.45) is -9.06. The summed E-state index contributed by atoms with van der Waals surface area (Å²) in [6, 6.07) is 2.18. The van der Waals surface area contributed by atoms with Crippen LogP contribution in [0.4, 0.5) is 4.39 Å². The van der Waals surface area contributed by atoms with Gasteiger partial charge < -0.3 is 19.5 Å². The maximum Gasteiger partial charge on any atom is 0.380 e. The molecule has 118 valence electrons. The number of aliphatic hydroxyl groups excluding tert-OH is 2. The van der Waals surface area contributed by atoms with Gasteiger partial charge in [-0.15, -0.1) is 0 Å². The number of nitrogens with one attached hydrogen (secondary N) is 1. The van der Waals surface area contributed by atoms with E-state index in [0.717, 1.165) is 12.1 Å². The highest BCUT2D eigenvalue weighted by Crippen LogP contribution is 2.57. The molecule has 0 aromatic carbocycles. The number of halogens is 3. The summed E-state index contributed by atoms with van der Waals surface area (Å²) in [5, 5.41) is 19.7. The molecule has 7 nitrogen and oxygen atoms in total. The molecule has 1 fully saturated rings. The van der Waals surface area contributed by atoms with Crippen LogP contribution in [0.5, 0.6) is 0 Å². The van der Waals surface area contributed by atoms with Crippen LogP contribution in [0.3, 0.4) is 0 Å². The maximum atomic E-state index is 13.7. The summed E-state index contributed by atoms with van der Waals surface area (Å²) in [7, 11) is 0. The van der Waals surface area contributed by atoms with Crippen LogP contribution in [0.2, 0.25) is 0 Å². The molecule has 0 unspecified atom stereocenters. The molecule has 1 saturated heterocycles. The molecule has 0 bridgehead atoms. The van der Waals surface area contributed by atoms with Gasteiger partial charge in [-0.1, -0.05) is 0 Å². The Labute approximate surface area is 127 Å². The number of hydrogen-bond acceptors (Lipinski definition) is 6. The third kappa shape index (κ3) is 4.04. The Morgan fingerprint density at radius 3 is 2.62 bits per heavy atom. The van der Waals surface area contributed by atoms with Crippen molar-refractivity contribution in [3.05, 3.63) is 34.0 Å². The van der Waals surface area contributed by atoms with Crippen LogP contribution in [0.1, 0.15) is 11.7 Å². The first-order chi connectivity index (χ1) is 9.69. The predicted molar refractivity (Wildman–Crippen MR) is 71.9 cm³/mol. The molecule has 0 spiro atoms. The van der Waals surface area contributed by atoms with Crippen LogP contribution in [0, 0.1) is 5.95 Å². The number of H-pyrrole nitrogens is 1. The quantitative estimate of drug-likeness (QED) is 0.550. The van der Waals surface area contributed by atoms with E-state index in [-0.39, 0.29) is 5.56 Å². The molecule has 4 atom stereocenters. The van der Waals surface area contributed by atoms with E-state index in [2.05, 4.69) is 4.52 Å². The normalized spacial score (nSPS) is 29.8. The summed E-state index contributed by atoms with van der Waals surface area (Å²) < 4.78 is 34.5. The largest absolute Gasteiger partial charge is 0.387 e. The summed E-state index contributed by atoms with van der Waals surface area (Å²) in [6.45, 7) is -0.454. The lowest BCUT2D eigenvalue weighted by Crippen LogP contribution is -2.33. The van der Waals surface area contributed by atoms with Crippen molar-refractivity contribution < 1.29 is 28.4 Å². The molecule has 1 aliphatic heterocycles. The van der Waals surface area contributed by atoms with Gasteiger partial charge in [-0.05, 0) is 28.5 Å². The molecule has 21 heavy (non-hydrogen) atoms. The molecular formula is C10H11Cl2FNO6P. The molecule has 1 aromatic rings. The Balaban J connectivity index is 2.16. The molecule has 2 heterocycles. The number of aliphatic hydroxyl groups is 2. The smallest absolute Gasteiger partial charge is 0.380 e. The fraction of sp³-hybridized carbons (Fsp3) is 0.500. The highest BCUT2D eigenvalue weighted by molar-refractivity contribution is 8.05. The van der Waals surface area contributed by atoms with Crippen molar-refractivity contribution in [2.24, 2.45) is 0 Å². The molecule has 1 aliphatic rings. The topological polar surface area (TPSA) is 109 Å². The minimum Gasteiger partial charge on any atom is -0.387 e. The monoisotopic (exact) mass is 361 g/mol. The average molecular weight is 362 g/mol. The van der Waals surface area contributed by atoms with Gasteiger partial charge in [0.05, 0.1) is 6.61 Å². The Kier molecular flexibility index (Phi) is 5.10. The SMILES string of the molecule is O=c1ccc([C@@H]2O[C@H](COP(=O)(Cl)Cl)[C@H](O)[C@@H]2O)c(F)[nH]1. The molecular weight excluding hydrogens is 351 g/mol. The van der Waals surface area contributed by atoms with Crippen molar-refractivity contribution in [3.8, 4) is 0 Å². The van der Waals surface area contributed by atoms with E-state index in [1.807, 2.05) is 4.98 Å². The summed E-state index contributed by atoms with van der Waals surface area (Å²) >= 11 is 10.4. The minimum atomic E-state index is -3.82. The average Bonchev–Trinajstić information content (AvgIpc) is 2.64. The van der Waals surface area contributed by atoms with E-state index in [4.69, 9.17) is 27.2 Å². The fourth-order valence-electron chi connectivity index (χ4n) is 1.98. The van der Waals surface area contributed by atoms with Crippen molar-refractivity contribution in [2.75, 3.05) is 6.61 Å². The van der Waals surface area contributed by atoms with E-state index in [1.165, 1.54) is 0 Å². The first-order valence-electron chi connectivity index (χ1n) is 5.73. The molecule has 3 N–H and O–H groups in total. The van der Waals surface area contributed by atoms with E-state index in [9.17, 15) is 24.0 Å². The second-order valence-electron chi connectivity index (χ2n) is 4.38. The van der Waals surface area contributed by atoms with Gasteiger partial charge in [0.25, 0.3) is 0 Å². The van der Waals surface area contributed by atoms with Gasteiger partial charge in [-0.3, -0.25) is 14.3 Å². The Hall–Kier alpha value is -0.470. The van der Waals surface area contributed by atoms with Gasteiger partial charge in [0.15, 0.2) is 5.95 Å². The second-order valence-corrected chi connectivity index (χ2v) is 8.66. The highest BCUT2D eigenvalue weighted by atomic mass is 35.9. The fourth-order valence-corrected chi connectivity index (χ4v) is 2.64. The van der Waals surface area contributed by atoms with E-state index in [0.29, 0.717) is 0 Å². The molecule has 0 amide bonds. The van der Waals surface area contributed by atoms with Crippen LogP contribution < -0.4 is 5.56 Å². The van der Waals surface area contributed by atoms with Crippen LogP contribution in [0.15, 0.2) is 16.9 Å². The first-order valence-corrected chi connectivity index (χ1v) is 9.17. The van der Waals surface area contributed by atoms with E-state index >= 15 is 0 Å². The summed E-state index contributed by atoms with van der Waals surface area (Å²) in [5.41, 5.74) is -0.794. The van der Waals surface area contributed by atoms with Gasteiger partial charge in [-0.25, -0.2) is 0 Å². The van der Waals surface area contributed by atoms with Gasteiger partial charge in [0.2, 0.25) is 5.56 Å². The van der Waals surface area contributed by atoms with Crippen molar-refractivity contribution in [2.45, 2.75) is 24.4 Å². The van der Waals surface area contributed by atoms with Crippen molar-refractivity contribution in [1.82, 2.24) is 4.98 Å². The standard InChI is InChI=1S/C10H11Cl2FNO6P/c11-21(12,18)19-3-5-7(16)8(17)9(20-5)4-1-2-6(15)14-10(4)13/h1-2,5,7-9,16-17H,3H2,(H,14,15)/t5-,7+,8+,9+/m1/s1. The van der Waals surface area contributed by atoms with E-state index in [1.54, 1.807) is 0 Å². The van der Waals surface area contributed by atoms with Crippen molar-refractivity contribution in [3.63, 3.8) is 0 Å². The summed E-state index contributed by atoms with van der Waals surface area (Å²) in [5.74, 6) is -0.985. The third-order valence-electron chi connectivity index (χ3n) is 2.96. The van der Waals surface area contributed by atoms with Gasteiger partial charge in [0.1, 0.15) is 24.4 Å². The highest BCUT2D eigenvalue weighted by Gasteiger charge is 2.45. The lowest BCUT2D eigenvalue weighted by atomic mass is 10.0. The van der Waals surface area contributed by atoms with Crippen LogP contribution in [0.25, 0.3) is 0 Å². The lowest BCUT2D eigenvalue weighted by Gasteiger charge is -2.15. The van der Waals surface area contributed by atoms with E-state index < -0.39 is 48.6 Å². The van der Waals surface area contributed by atoms with Crippen molar-refractivity contribution in [1.29, 1.82) is 0 Å². The molecule has 1 aromatic heterocycles. The van der Waals surface area contributed by atoms with Gasteiger partial charge in [-0.2, -0.15) is 4.39 Å². The zero-order valence-corrected chi connectivity index (χ0v) is 12.7. The van der Waals surface area contributed by atoms with Crippen molar-refractivity contribution >= 4 is 28.6 Å². The molecule has 2 rings (SSSR count). The van der Waals surface area contributed by atoms with Crippen LogP contribution in [-0.4, -0.2) is 40.1 Å². The Bertz CT molecular complexity index is 622. The molecule has 0 saturated carbocycles. The number of rotatable bonds is 4. The maximum absolute atomic E-state index is 13.7. The van der Waals surface area contributed by atoms with Crippen LogP contribution in [-0.2, 0) is 13.8 Å². The number of aromatic nitrogens is 1. The Morgan fingerprint density at radius 2 is 2.05 bits per heavy atom.